The van der Waals surface area contributed by atoms with Crippen LogP contribution in [0.1, 0.15) is 12.5 Å². The summed E-state index contributed by atoms with van der Waals surface area (Å²) in [5.74, 6) is -0.658. The number of nitrogens with zero attached hydrogens (tertiary/aromatic N) is 2. The van der Waals surface area contributed by atoms with Crippen molar-refractivity contribution in [1.82, 2.24) is 0 Å². The molecule has 2 aromatic carbocycles. The summed E-state index contributed by atoms with van der Waals surface area (Å²) in [5.41, 5.74) is 2.18. The van der Waals surface area contributed by atoms with E-state index in [0.29, 0.717) is 30.2 Å². The largest absolute Gasteiger partial charge is 0.482 e. The van der Waals surface area contributed by atoms with Gasteiger partial charge in [-0.25, -0.2) is 4.79 Å². The maximum atomic E-state index is 12.3. The van der Waals surface area contributed by atoms with Gasteiger partial charge in [-0.05, 0) is 55.5 Å². The predicted octanol–water partition coefficient (Wildman–Crippen LogP) is 2.34. The summed E-state index contributed by atoms with van der Waals surface area (Å²) in [6.07, 6.45) is -0.971. The average molecular weight is 409 g/mol. The molecule has 8 nitrogen and oxygen atoms in total. The molecule has 156 valence electrons. The lowest BCUT2D eigenvalue weighted by atomic mass is 10.2. The summed E-state index contributed by atoms with van der Waals surface area (Å²) in [4.78, 5) is 26.4. The molecule has 3 rings (SSSR count). The van der Waals surface area contributed by atoms with Gasteiger partial charge in [-0.15, -0.1) is 0 Å². The monoisotopic (exact) mass is 409 g/mol. The second-order valence-electron chi connectivity index (χ2n) is 6.69. The normalized spacial score (nSPS) is 14.3. The van der Waals surface area contributed by atoms with Crippen molar-refractivity contribution in [1.29, 1.82) is 5.26 Å². The van der Waals surface area contributed by atoms with E-state index in [-0.39, 0.29) is 6.61 Å². The highest BCUT2D eigenvalue weighted by Gasteiger charge is 2.19. The number of rotatable bonds is 7. The van der Waals surface area contributed by atoms with Crippen LogP contribution >= 0.6 is 0 Å². The molecule has 8 heteroatoms. The van der Waals surface area contributed by atoms with Gasteiger partial charge >= 0.3 is 5.97 Å². The highest BCUT2D eigenvalue weighted by Crippen LogP contribution is 2.19. The molecule has 1 N–H and O–H groups in total. The van der Waals surface area contributed by atoms with Gasteiger partial charge in [0.2, 0.25) is 0 Å². The Morgan fingerprint density at radius 3 is 2.43 bits per heavy atom. The Morgan fingerprint density at radius 1 is 1.13 bits per heavy atom. The maximum Gasteiger partial charge on any atom is 0.344 e. The number of amides is 1. The van der Waals surface area contributed by atoms with Crippen LogP contribution in [-0.4, -0.2) is 50.9 Å². The number of esters is 1. The average Bonchev–Trinajstić information content (AvgIpc) is 2.79. The van der Waals surface area contributed by atoms with Crippen LogP contribution in [0, 0.1) is 11.3 Å². The minimum atomic E-state index is -0.971. The van der Waals surface area contributed by atoms with Gasteiger partial charge in [-0.1, -0.05) is 0 Å². The molecule has 1 heterocycles. The Labute approximate surface area is 174 Å². The third-order valence-electron chi connectivity index (χ3n) is 4.53. The number of hydrogen-bond donors (Lipinski definition) is 1. The van der Waals surface area contributed by atoms with Crippen molar-refractivity contribution >= 4 is 23.3 Å². The van der Waals surface area contributed by atoms with Crippen LogP contribution in [0.2, 0.25) is 0 Å². The number of nitrogens with one attached hydrogen (secondary N) is 1. The van der Waals surface area contributed by atoms with Crippen LogP contribution in [-0.2, 0) is 19.1 Å². The number of carbonyl (C=O) groups excluding carboxylic acids is 2. The first-order chi connectivity index (χ1) is 14.5. The van der Waals surface area contributed by atoms with E-state index in [1.807, 2.05) is 30.3 Å². The van der Waals surface area contributed by atoms with E-state index in [1.54, 1.807) is 24.3 Å². The molecular formula is C22H23N3O5. The Morgan fingerprint density at radius 2 is 1.80 bits per heavy atom. The van der Waals surface area contributed by atoms with E-state index in [0.717, 1.165) is 18.8 Å². The molecule has 1 saturated heterocycles. The first kappa shape index (κ1) is 21.1. The van der Waals surface area contributed by atoms with Gasteiger partial charge in [0, 0.05) is 24.5 Å². The summed E-state index contributed by atoms with van der Waals surface area (Å²) in [6, 6.07) is 15.8. The minimum absolute atomic E-state index is 0.336. The molecule has 0 aliphatic carbocycles. The molecule has 0 saturated carbocycles. The SMILES string of the molecule is C[C@H](OC(=O)COc1ccc(C#N)cc1)C(=O)Nc1ccc(N2CCOCC2)cc1. The second-order valence-corrected chi connectivity index (χ2v) is 6.69. The number of hydrogen-bond acceptors (Lipinski definition) is 7. The van der Waals surface area contributed by atoms with Gasteiger partial charge in [0.25, 0.3) is 5.91 Å². The van der Waals surface area contributed by atoms with Crippen molar-refractivity contribution < 1.29 is 23.8 Å². The smallest absolute Gasteiger partial charge is 0.344 e. The topological polar surface area (TPSA) is 101 Å². The molecule has 1 aliphatic rings. The van der Waals surface area contributed by atoms with Crippen molar-refractivity contribution in [2.24, 2.45) is 0 Å². The molecule has 1 atom stereocenters. The summed E-state index contributed by atoms with van der Waals surface area (Å²) >= 11 is 0. The van der Waals surface area contributed by atoms with Crippen LogP contribution < -0.4 is 15.0 Å². The number of morpholine rings is 1. The van der Waals surface area contributed by atoms with Gasteiger partial charge in [-0.2, -0.15) is 5.26 Å². The van der Waals surface area contributed by atoms with E-state index in [9.17, 15) is 9.59 Å². The highest BCUT2D eigenvalue weighted by atomic mass is 16.6. The summed E-state index contributed by atoms with van der Waals surface area (Å²) in [5, 5.41) is 11.5. The van der Waals surface area contributed by atoms with E-state index >= 15 is 0 Å². The summed E-state index contributed by atoms with van der Waals surface area (Å²) in [6.45, 7) is 4.24. The number of carbonyl (C=O) groups is 2. The highest BCUT2D eigenvalue weighted by molar-refractivity contribution is 5.95. The van der Waals surface area contributed by atoms with Crippen molar-refractivity contribution in [3.05, 3.63) is 54.1 Å². The molecule has 0 spiro atoms. The molecule has 0 bridgehead atoms. The standard InChI is InChI=1S/C22H23N3O5/c1-16(30-21(26)15-29-20-8-2-17(14-23)3-9-20)22(27)24-18-4-6-19(7-5-18)25-10-12-28-13-11-25/h2-9,16H,10-13,15H2,1H3,(H,24,27)/t16-/m0/s1. The zero-order valence-corrected chi connectivity index (χ0v) is 16.7. The minimum Gasteiger partial charge on any atom is -0.482 e. The number of benzene rings is 2. The molecule has 1 amide bonds. The van der Waals surface area contributed by atoms with Gasteiger partial charge in [0.1, 0.15) is 5.75 Å². The lowest BCUT2D eigenvalue weighted by Gasteiger charge is -2.28. The number of nitriles is 1. The lowest BCUT2D eigenvalue weighted by Crippen LogP contribution is -2.36. The molecule has 0 unspecified atom stereocenters. The molecule has 1 aliphatic heterocycles. The Kier molecular flexibility index (Phi) is 7.24. The van der Waals surface area contributed by atoms with E-state index < -0.39 is 18.0 Å². The van der Waals surface area contributed by atoms with E-state index in [4.69, 9.17) is 19.5 Å². The van der Waals surface area contributed by atoms with E-state index in [2.05, 4.69) is 10.2 Å². The quantitative estimate of drug-likeness (QED) is 0.701. The Balaban J connectivity index is 1.44. The fourth-order valence-electron chi connectivity index (χ4n) is 2.87. The number of anilines is 2. The summed E-state index contributed by atoms with van der Waals surface area (Å²) in [7, 11) is 0. The Hall–Kier alpha value is -3.57. The van der Waals surface area contributed by atoms with Crippen LogP contribution in [0.4, 0.5) is 11.4 Å². The summed E-state index contributed by atoms with van der Waals surface area (Å²) < 4.78 is 15.8. The van der Waals surface area contributed by atoms with Gasteiger partial charge in [0.05, 0.1) is 24.8 Å². The van der Waals surface area contributed by atoms with Gasteiger partial charge < -0.3 is 24.4 Å². The third-order valence-corrected chi connectivity index (χ3v) is 4.53. The maximum absolute atomic E-state index is 12.3. The molecule has 1 fully saturated rings. The van der Waals surface area contributed by atoms with Gasteiger partial charge in [-0.3, -0.25) is 4.79 Å². The van der Waals surface area contributed by atoms with Crippen molar-refractivity contribution in [2.45, 2.75) is 13.0 Å². The van der Waals surface area contributed by atoms with E-state index in [1.165, 1.54) is 6.92 Å². The zero-order valence-electron chi connectivity index (χ0n) is 16.7. The first-order valence-electron chi connectivity index (χ1n) is 9.61. The van der Waals surface area contributed by atoms with Crippen LogP contribution in [0.15, 0.2) is 48.5 Å². The fourth-order valence-corrected chi connectivity index (χ4v) is 2.87. The third kappa shape index (κ3) is 5.96. The molecule has 0 aromatic heterocycles. The predicted molar refractivity (Wildman–Crippen MR) is 110 cm³/mol. The molecular weight excluding hydrogens is 386 g/mol. The second kappa shape index (κ2) is 10.3. The molecule has 30 heavy (non-hydrogen) atoms. The molecule has 2 aromatic rings. The zero-order chi connectivity index (χ0) is 21.3. The first-order valence-corrected chi connectivity index (χ1v) is 9.61. The molecule has 0 radical (unpaired) electrons. The van der Waals surface area contributed by atoms with Crippen LogP contribution in [0.5, 0.6) is 5.75 Å². The van der Waals surface area contributed by atoms with Crippen LogP contribution in [0.3, 0.4) is 0 Å². The lowest BCUT2D eigenvalue weighted by molar-refractivity contribution is -0.155. The van der Waals surface area contributed by atoms with Crippen LogP contribution in [0.25, 0.3) is 0 Å². The van der Waals surface area contributed by atoms with Crippen molar-refractivity contribution in [3.63, 3.8) is 0 Å². The van der Waals surface area contributed by atoms with Crippen molar-refractivity contribution in [3.8, 4) is 11.8 Å². The number of ether oxygens (including phenoxy) is 3. The van der Waals surface area contributed by atoms with Gasteiger partial charge in [0.15, 0.2) is 12.7 Å². The fraction of sp³-hybridized carbons (Fsp3) is 0.318. The van der Waals surface area contributed by atoms with Crippen molar-refractivity contribution in [2.75, 3.05) is 43.1 Å². The Bertz CT molecular complexity index is 900.